The normalized spacial score (nSPS) is 9.96. The largest absolute Gasteiger partial charge is 0.514 e. The Labute approximate surface area is 160 Å². The van der Waals surface area contributed by atoms with Gasteiger partial charge in [0.1, 0.15) is 11.9 Å². The average molecular weight is 399 g/mol. The van der Waals surface area contributed by atoms with Gasteiger partial charge in [-0.1, -0.05) is 0 Å². The average Bonchev–Trinajstić information content (AvgIpc) is 2.64. The van der Waals surface area contributed by atoms with Crippen LogP contribution in [0.5, 0.6) is 5.75 Å². The van der Waals surface area contributed by atoms with Gasteiger partial charge in [-0.3, -0.25) is 10.1 Å². The molecule has 28 heavy (non-hydrogen) atoms. The molecular formula is C16H21N3O9. The maximum absolute atomic E-state index is 11.9. The smallest absolute Gasteiger partial charge is 0.450 e. The minimum Gasteiger partial charge on any atom is -0.450 e. The second-order valence-corrected chi connectivity index (χ2v) is 5.05. The molecule has 0 atom stereocenters. The van der Waals surface area contributed by atoms with E-state index in [0.29, 0.717) is 0 Å². The Morgan fingerprint density at radius 2 is 1.50 bits per heavy atom. The van der Waals surface area contributed by atoms with Crippen molar-refractivity contribution in [1.82, 2.24) is 10.6 Å². The van der Waals surface area contributed by atoms with E-state index in [4.69, 9.17) is 18.9 Å². The molecule has 12 heteroatoms. The van der Waals surface area contributed by atoms with Crippen LogP contribution in [0.2, 0.25) is 0 Å². The Morgan fingerprint density at radius 3 is 1.93 bits per heavy atom. The van der Waals surface area contributed by atoms with Crippen LogP contribution in [0, 0.1) is 10.1 Å². The van der Waals surface area contributed by atoms with Crippen LogP contribution in [0.4, 0.5) is 20.1 Å². The zero-order chi connectivity index (χ0) is 20.9. The molecule has 0 aliphatic heterocycles. The number of ether oxygens (including phenoxy) is 4. The van der Waals surface area contributed by atoms with E-state index < -0.39 is 29.4 Å². The van der Waals surface area contributed by atoms with Gasteiger partial charge in [0.25, 0.3) is 5.69 Å². The Hall–Kier alpha value is -3.57. The first-order chi connectivity index (χ1) is 13.3. The molecule has 0 radical (unpaired) electrons. The third-order valence-corrected chi connectivity index (χ3v) is 3.01. The number of nitrogens with one attached hydrogen (secondary N) is 2. The Kier molecular flexibility index (Phi) is 9.58. The number of amides is 2. The maximum atomic E-state index is 11.9. The lowest BCUT2D eigenvalue weighted by atomic mass is 10.3. The molecule has 0 heterocycles. The fourth-order valence-corrected chi connectivity index (χ4v) is 1.81. The fraction of sp³-hybridized carbons (Fsp3) is 0.438. The van der Waals surface area contributed by atoms with Crippen molar-refractivity contribution >= 4 is 24.0 Å². The van der Waals surface area contributed by atoms with Crippen molar-refractivity contribution in [1.29, 1.82) is 0 Å². The highest BCUT2D eigenvalue weighted by Gasteiger charge is 2.19. The van der Waals surface area contributed by atoms with Gasteiger partial charge in [-0.15, -0.1) is 0 Å². The van der Waals surface area contributed by atoms with Crippen molar-refractivity contribution in [2.75, 3.05) is 26.3 Å². The van der Waals surface area contributed by atoms with Gasteiger partial charge in [0.2, 0.25) is 0 Å². The molecule has 0 bridgehead atoms. The van der Waals surface area contributed by atoms with Crippen LogP contribution >= 0.6 is 0 Å². The first kappa shape index (κ1) is 22.5. The predicted molar refractivity (Wildman–Crippen MR) is 94.0 cm³/mol. The van der Waals surface area contributed by atoms with Crippen molar-refractivity contribution in [2.45, 2.75) is 20.0 Å². The molecule has 1 aromatic carbocycles. The van der Waals surface area contributed by atoms with Crippen LogP contribution in [0.1, 0.15) is 13.8 Å². The van der Waals surface area contributed by atoms with Gasteiger partial charge in [0, 0.05) is 12.1 Å². The predicted octanol–water partition coefficient (Wildman–Crippen LogP) is 1.97. The number of non-ortho nitro benzene ring substituents is 1. The molecule has 2 N–H and O–H groups in total. The number of carbonyl (C=O) groups excluding carboxylic acids is 3. The van der Waals surface area contributed by atoms with E-state index in [2.05, 4.69) is 10.6 Å². The fourth-order valence-electron chi connectivity index (χ4n) is 1.81. The second-order valence-electron chi connectivity index (χ2n) is 5.05. The zero-order valence-corrected chi connectivity index (χ0v) is 15.3. The summed E-state index contributed by atoms with van der Waals surface area (Å²) in [7, 11) is 0. The molecule has 0 saturated heterocycles. The van der Waals surface area contributed by atoms with Gasteiger partial charge in [-0.2, -0.15) is 0 Å². The number of alkyl carbamates (subject to hydrolysis) is 2. The van der Waals surface area contributed by atoms with Crippen LogP contribution in [0.15, 0.2) is 24.3 Å². The number of carbonyl (C=O) groups is 3. The number of nitro benzene ring substituents is 1. The first-order valence-electron chi connectivity index (χ1n) is 8.29. The number of hydrogen-bond donors (Lipinski definition) is 2. The van der Waals surface area contributed by atoms with Crippen molar-refractivity contribution in [3.05, 3.63) is 34.4 Å². The topological polar surface area (TPSA) is 155 Å². The van der Waals surface area contributed by atoms with Gasteiger partial charge in [0.05, 0.1) is 31.2 Å². The highest BCUT2D eigenvalue weighted by molar-refractivity contribution is 5.68. The molecule has 0 saturated carbocycles. The van der Waals surface area contributed by atoms with E-state index in [1.165, 1.54) is 12.1 Å². The van der Waals surface area contributed by atoms with Gasteiger partial charge in [0.15, 0.2) is 0 Å². The Balaban J connectivity index is 2.62. The summed E-state index contributed by atoms with van der Waals surface area (Å²) in [5.41, 5.74) is -0.170. The lowest BCUT2D eigenvalue weighted by Crippen LogP contribution is -2.43. The van der Waals surface area contributed by atoms with E-state index in [1.807, 2.05) is 0 Å². The van der Waals surface area contributed by atoms with Crippen molar-refractivity contribution < 1.29 is 38.3 Å². The van der Waals surface area contributed by atoms with Crippen LogP contribution < -0.4 is 15.4 Å². The van der Waals surface area contributed by atoms with Crippen molar-refractivity contribution in [2.24, 2.45) is 0 Å². The van der Waals surface area contributed by atoms with E-state index in [-0.39, 0.29) is 37.7 Å². The minimum atomic E-state index is -1.13. The standard InChI is InChI=1S/C16H21N3O9/c1-3-25-14(20)17-9-13(10-18-15(21)26-4-2)28-16(22)27-12-7-5-11(6-8-12)19(23)24/h5-8,13H,3-4,9-10H2,1-2H3,(H,17,20)(H,18,21). The summed E-state index contributed by atoms with van der Waals surface area (Å²) in [4.78, 5) is 44.7. The lowest BCUT2D eigenvalue weighted by Gasteiger charge is -2.18. The van der Waals surface area contributed by atoms with E-state index in [9.17, 15) is 24.5 Å². The third kappa shape index (κ3) is 8.69. The first-order valence-corrected chi connectivity index (χ1v) is 8.29. The number of nitro groups is 1. The van der Waals surface area contributed by atoms with E-state index in [0.717, 1.165) is 12.1 Å². The van der Waals surface area contributed by atoms with Crippen LogP contribution in [-0.4, -0.2) is 55.7 Å². The quantitative estimate of drug-likeness (QED) is 0.208. The van der Waals surface area contributed by atoms with Gasteiger partial charge in [-0.25, -0.2) is 14.4 Å². The van der Waals surface area contributed by atoms with Crippen LogP contribution in [-0.2, 0) is 14.2 Å². The molecule has 0 fully saturated rings. The summed E-state index contributed by atoms with van der Waals surface area (Å²) >= 11 is 0. The highest BCUT2D eigenvalue weighted by Crippen LogP contribution is 2.17. The molecule has 0 aliphatic rings. The van der Waals surface area contributed by atoms with E-state index in [1.54, 1.807) is 13.8 Å². The molecule has 0 unspecified atom stereocenters. The summed E-state index contributed by atoms with van der Waals surface area (Å²) < 4.78 is 19.4. The summed E-state index contributed by atoms with van der Waals surface area (Å²) in [5, 5.41) is 15.3. The van der Waals surface area contributed by atoms with Crippen LogP contribution in [0.3, 0.4) is 0 Å². The number of rotatable bonds is 9. The third-order valence-electron chi connectivity index (χ3n) is 3.01. The van der Waals surface area contributed by atoms with Gasteiger partial charge in [-0.05, 0) is 26.0 Å². The SMILES string of the molecule is CCOC(=O)NCC(CNC(=O)OCC)OC(=O)Oc1ccc([N+](=O)[O-])cc1. The lowest BCUT2D eigenvalue weighted by molar-refractivity contribution is -0.384. The molecular weight excluding hydrogens is 378 g/mol. The van der Waals surface area contributed by atoms with Gasteiger partial charge >= 0.3 is 18.3 Å². The summed E-state index contributed by atoms with van der Waals surface area (Å²) in [6, 6.07) is 4.76. The molecule has 1 rings (SSSR count). The Morgan fingerprint density at radius 1 is 1.00 bits per heavy atom. The molecule has 0 aromatic heterocycles. The minimum absolute atomic E-state index is 0.0195. The number of nitrogens with zero attached hydrogens (tertiary/aromatic N) is 1. The number of benzene rings is 1. The van der Waals surface area contributed by atoms with E-state index >= 15 is 0 Å². The monoisotopic (exact) mass is 399 g/mol. The second kappa shape index (κ2) is 11.9. The van der Waals surface area contributed by atoms with Crippen LogP contribution in [0.25, 0.3) is 0 Å². The molecule has 0 aliphatic carbocycles. The number of hydrogen-bond acceptors (Lipinski definition) is 9. The zero-order valence-electron chi connectivity index (χ0n) is 15.3. The Bertz CT molecular complexity index is 656. The summed E-state index contributed by atoms with van der Waals surface area (Å²) in [5.74, 6) is 0.0195. The maximum Gasteiger partial charge on any atom is 0.514 e. The molecule has 12 nitrogen and oxygen atoms in total. The molecule has 0 spiro atoms. The summed E-state index contributed by atoms with van der Waals surface area (Å²) in [6.45, 7) is 3.22. The van der Waals surface area contributed by atoms with Gasteiger partial charge < -0.3 is 29.6 Å². The summed E-state index contributed by atoms with van der Waals surface area (Å²) in [6.07, 6.45) is -3.57. The molecule has 1 aromatic rings. The van der Waals surface area contributed by atoms with Crippen molar-refractivity contribution in [3.8, 4) is 5.75 Å². The molecule has 2 amide bonds. The molecule has 154 valence electrons. The highest BCUT2D eigenvalue weighted by atomic mass is 16.7. The van der Waals surface area contributed by atoms with Crippen molar-refractivity contribution in [3.63, 3.8) is 0 Å².